The van der Waals surface area contributed by atoms with E-state index >= 15 is 0 Å². The molecule has 14 heavy (non-hydrogen) atoms. The van der Waals surface area contributed by atoms with Gasteiger partial charge >= 0.3 is 5.00 Å². The monoisotopic (exact) mass is 210 g/mol. The molecule has 0 radical (unpaired) electrons. The Morgan fingerprint density at radius 1 is 1.57 bits per heavy atom. The number of imidazole rings is 1. The maximum Gasteiger partial charge on any atom is 0.324 e. The SMILES string of the molecule is Nc1ncc(-c2ccc([N+](=O)[O-])s2)[nH]1. The van der Waals surface area contributed by atoms with E-state index in [4.69, 9.17) is 5.73 Å². The molecule has 0 aliphatic rings. The van der Waals surface area contributed by atoms with Crippen molar-refractivity contribution in [3.63, 3.8) is 0 Å². The summed E-state index contributed by atoms with van der Waals surface area (Å²) in [5.74, 6) is 0.302. The maximum atomic E-state index is 10.4. The lowest BCUT2D eigenvalue weighted by molar-refractivity contribution is -0.380. The average molecular weight is 210 g/mol. The van der Waals surface area contributed by atoms with Crippen molar-refractivity contribution in [2.24, 2.45) is 0 Å². The van der Waals surface area contributed by atoms with Gasteiger partial charge in [-0.05, 0) is 6.07 Å². The zero-order valence-corrected chi connectivity index (χ0v) is 7.75. The number of nitrogens with two attached hydrogens (primary N) is 1. The van der Waals surface area contributed by atoms with Crippen LogP contribution in [0.5, 0.6) is 0 Å². The van der Waals surface area contributed by atoms with Crippen LogP contribution in [0.25, 0.3) is 10.6 Å². The van der Waals surface area contributed by atoms with E-state index in [-0.39, 0.29) is 5.00 Å². The van der Waals surface area contributed by atoms with Gasteiger partial charge in [0.1, 0.15) is 0 Å². The summed E-state index contributed by atoms with van der Waals surface area (Å²) in [6.07, 6.45) is 1.55. The summed E-state index contributed by atoms with van der Waals surface area (Å²) < 4.78 is 0. The first kappa shape index (κ1) is 8.70. The van der Waals surface area contributed by atoms with Gasteiger partial charge in [0.15, 0.2) is 5.95 Å². The molecule has 0 aliphatic carbocycles. The van der Waals surface area contributed by atoms with Crippen molar-refractivity contribution in [1.29, 1.82) is 0 Å². The number of nitrogens with one attached hydrogen (secondary N) is 1. The summed E-state index contributed by atoms with van der Waals surface area (Å²) in [6.45, 7) is 0. The minimum absolute atomic E-state index is 0.105. The fourth-order valence-electron chi connectivity index (χ4n) is 1.03. The third-order valence-corrected chi connectivity index (χ3v) is 2.70. The zero-order valence-electron chi connectivity index (χ0n) is 6.93. The molecule has 72 valence electrons. The van der Waals surface area contributed by atoms with E-state index in [1.54, 1.807) is 12.3 Å². The smallest absolute Gasteiger partial charge is 0.324 e. The van der Waals surface area contributed by atoms with Crippen LogP contribution in [-0.2, 0) is 0 Å². The number of rotatable bonds is 2. The maximum absolute atomic E-state index is 10.4. The summed E-state index contributed by atoms with van der Waals surface area (Å²) in [5, 5.41) is 10.5. The number of hydrogen-bond donors (Lipinski definition) is 2. The van der Waals surface area contributed by atoms with Gasteiger partial charge in [-0.15, -0.1) is 0 Å². The molecular weight excluding hydrogens is 204 g/mol. The number of H-pyrrole nitrogens is 1. The van der Waals surface area contributed by atoms with Crippen LogP contribution in [0, 0.1) is 10.1 Å². The van der Waals surface area contributed by atoms with Gasteiger partial charge in [-0.1, -0.05) is 11.3 Å². The number of hydrogen-bond acceptors (Lipinski definition) is 5. The lowest BCUT2D eigenvalue weighted by Crippen LogP contribution is -1.84. The van der Waals surface area contributed by atoms with E-state index < -0.39 is 4.92 Å². The normalized spacial score (nSPS) is 10.3. The molecule has 2 aromatic heterocycles. The van der Waals surface area contributed by atoms with Gasteiger partial charge < -0.3 is 10.7 Å². The Labute approximate surface area is 82.6 Å². The highest BCUT2D eigenvalue weighted by molar-refractivity contribution is 7.18. The predicted molar refractivity (Wildman–Crippen MR) is 53.0 cm³/mol. The van der Waals surface area contributed by atoms with Crippen LogP contribution in [0.15, 0.2) is 18.3 Å². The third-order valence-electron chi connectivity index (χ3n) is 1.63. The molecule has 0 spiro atoms. The number of aromatic nitrogens is 2. The number of nitrogens with zero attached hydrogens (tertiary/aromatic N) is 2. The predicted octanol–water partition coefficient (Wildman–Crippen LogP) is 1.63. The average Bonchev–Trinajstić information content (AvgIpc) is 2.70. The first-order valence-electron chi connectivity index (χ1n) is 3.72. The number of nitro groups is 1. The molecule has 0 saturated carbocycles. The summed E-state index contributed by atoms with van der Waals surface area (Å²) >= 11 is 1.08. The second-order valence-corrected chi connectivity index (χ2v) is 3.64. The quantitative estimate of drug-likeness (QED) is 0.581. The van der Waals surface area contributed by atoms with Crippen LogP contribution in [0.2, 0.25) is 0 Å². The van der Waals surface area contributed by atoms with Gasteiger partial charge in [-0.25, -0.2) is 4.98 Å². The molecule has 0 aliphatic heterocycles. The molecule has 0 fully saturated rings. The second kappa shape index (κ2) is 3.11. The number of aromatic amines is 1. The minimum atomic E-state index is -0.423. The molecule has 2 heterocycles. The highest BCUT2D eigenvalue weighted by Crippen LogP contribution is 2.31. The zero-order chi connectivity index (χ0) is 10.1. The van der Waals surface area contributed by atoms with E-state index in [1.165, 1.54) is 6.07 Å². The summed E-state index contributed by atoms with van der Waals surface area (Å²) in [4.78, 5) is 17.3. The van der Waals surface area contributed by atoms with Gasteiger partial charge in [0.25, 0.3) is 0 Å². The van der Waals surface area contributed by atoms with Crippen LogP contribution in [0.4, 0.5) is 10.9 Å². The molecule has 0 bridgehead atoms. The van der Waals surface area contributed by atoms with E-state index in [0.717, 1.165) is 16.2 Å². The fourth-order valence-corrected chi connectivity index (χ4v) is 1.82. The lowest BCUT2D eigenvalue weighted by Gasteiger charge is -1.87. The van der Waals surface area contributed by atoms with E-state index in [2.05, 4.69) is 9.97 Å². The van der Waals surface area contributed by atoms with Gasteiger partial charge in [0.2, 0.25) is 0 Å². The van der Waals surface area contributed by atoms with Crippen LogP contribution in [-0.4, -0.2) is 14.9 Å². The van der Waals surface area contributed by atoms with Gasteiger partial charge in [-0.2, -0.15) is 0 Å². The van der Waals surface area contributed by atoms with Crippen molar-refractivity contribution in [3.05, 3.63) is 28.4 Å². The summed E-state index contributed by atoms with van der Waals surface area (Å²) in [7, 11) is 0. The molecule has 3 N–H and O–H groups in total. The Morgan fingerprint density at radius 2 is 2.36 bits per heavy atom. The van der Waals surface area contributed by atoms with E-state index in [0.29, 0.717) is 11.6 Å². The standard InChI is InChI=1S/C7H6N4O2S/c8-7-9-3-4(10-7)5-1-2-6(14-5)11(12)13/h1-3H,(H3,8,9,10). The Morgan fingerprint density at radius 3 is 2.86 bits per heavy atom. The van der Waals surface area contributed by atoms with Crippen LogP contribution in [0.3, 0.4) is 0 Å². The molecule has 0 saturated heterocycles. The summed E-state index contributed by atoms with van der Waals surface area (Å²) in [5.41, 5.74) is 6.08. The van der Waals surface area contributed by atoms with Crippen LogP contribution in [0.1, 0.15) is 0 Å². The van der Waals surface area contributed by atoms with Crippen molar-refractivity contribution in [3.8, 4) is 10.6 Å². The van der Waals surface area contributed by atoms with Crippen molar-refractivity contribution < 1.29 is 4.92 Å². The van der Waals surface area contributed by atoms with Crippen LogP contribution < -0.4 is 5.73 Å². The van der Waals surface area contributed by atoms with E-state index in [9.17, 15) is 10.1 Å². The molecule has 0 atom stereocenters. The van der Waals surface area contributed by atoms with E-state index in [1.807, 2.05) is 0 Å². The Balaban J connectivity index is 2.38. The molecule has 6 nitrogen and oxygen atoms in total. The molecule has 2 aromatic rings. The second-order valence-electron chi connectivity index (χ2n) is 2.58. The first-order valence-corrected chi connectivity index (χ1v) is 4.53. The van der Waals surface area contributed by atoms with Gasteiger partial charge in [0, 0.05) is 6.07 Å². The number of anilines is 1. The lowest BCUT2D eigenvalue weighted by atomic mass is 10.4. The first-order chi connectivity index (χ1) is 6.66. The van der Waals surface area contributed by atoms with Crippen LogP contribution >= 0.6 is 11.3 Å². The number of nitrogen functional groups attached to an aromatic ring is 1. The molecular formula is C7H6N4O2S. The van der Waals surface area contributed by atoms with Crippen molar-refractivity contribution in [1.82, 2.24) is 9.97 Å². The number of thiophene rings is 1. The summed E-state index contributed by atoms with van der Waals surface area (Å²) in [6, 6.07) is 3.12. The fraction of sp³-hybridized carbons (Fsp3) is 0. The highest BCUT2D eigenvalue weighted by atomic mass is 32.1. The third kappa shape index (κ3) is 1.44. The van der Waals surface area contributed by atoms with Gasteiger partial charge in [-0.3, -0.25) is 10.1 Å². The van der Waals surface area contributed by atoms with Crippen molar-refractivity contribution >= 4 is 22.3 Å². The highest BCUT2D eigenvalue weighted by Gasteiger charge is 2.11. The molecule has 2 rings (SSSR count). The largest absolute Gasteiger partial charge is 0.369 e. The Hall–Kier alpha value is -1.89. The minimum Gasteiger partial charge on any atom is -0.369 e. The Kier molecular flexibility index (Phi) is 1.93. The molecule has 0 unspecified atom stereocenters. The topological polar surface area (TPSA) is 97.8 Å². The molecule has 0 amide bonds. The van der Waals surface area contributed by atoms with Gasteiger partial charge in [0.05, 0.1) is 21.7 Å². The molecule has 7 heteroatoms. The van der Waals surface area contributed by atoms with Crippen molar-refractivity contribution in [2.75, 3.05) is 5.73 Å². The molecule has 0 aromatic carbocycles. The van der Waals surface area contributed by atoms with Crippen molar-refractivity contribution in [2.45, 2.75) is 0 Å². The Bertz CT molecular complexity index is 475.